The van der Waals surface area contributed by atoms with Crippen molar-refractivity contribution in [1.82, 2.24) is 10.4 Å². The van der Waals surface area contributed by atoms with Crippen molar-refractivity contribution in [3.8, 4) is 5.75 Å². The van der Waals surface area contributed by atoms with Crippen LogP contribution in [0.25, 0.3) is 0 Å². The number of benzene rings is 3. The Bertz CT molecular complexity index is 1260. The molecule has 0 saturated carbocycles. The minimum atomic E-state index is -1.17. The quantitative estimate of drug-likeness (QED) is 0.409. The molecular weight excluding hydrogens is 458 g/mol. The maximum atomic E-state index is 13.4. The van der Waals surface area contributed by atoms with Gasteiger partial charge in [-0.1, -0.05) is 48.0 Å². The number of rotatable bonds is 7. The van der Waals surface area contributed by atoms with Crippen LogP contribution in [0.5, 0.6) is 5.75 Å². The number of aryl methyl sites for hydroxylation is 1. The predicted octanol–water partition coefficient (Wildman–Crippen LogP) is 3.44. The second-order valence-electron chi connectivity index (χ2n) is 8.45. The number of amides is 4. The number of nitrogens with one attached hydrogen (secondary N) is 1. The molecule has 1 saturated heterocycles. The zero-order valence-electron chi connectivity index (χ0n) is 20.1. The molecule has 4 rings (SSSR count). The van der Waals surface area contributed by atoms with Crippen molar-refractivity contribution >= 4 is 29.3 Å². The molecule has 0 aliphatic carbocycles. The van der Waals surface area contributed by atoms with Crippen LogP contribution in [0, 0.1) is 6.92 Å². The molecule has 1 fully saturated rings. The van der Waals surface area contributed by atoms with Crippen LogP contribution in [0.4, 0.5) is 5.69 Å². The first-order valence-corrected chi connectivity index (χ1v) is 11.7. The van der Waals surface area contributed by atoms with E-state index in [1.165, 1.54) is 0 Å². The highest BCUT2D eigenvalue weighted by atomic mass is 16.5. The van der Waals surface area contributed by atoms with Crippen molar-refractivity contribution < 1.29 is 23.9 Å². The molecule has 8 nitrogen and oxygen atoms in total. The molecule has 1 aliphatic rings. The molecule has 1 N–H and O–H groups in total. The van der Waals surface area contributed by atoms with E-state index in [1.807, 2.05) is 19.9 Å². The van der Waals surface area contributed by atoms with E-state index < -0.39 is 29.7 Å². The third-order valence-corrected chi connectivity index (χ3v) is 5.84. The number of ether oxygens (including phenoxy) is 1. The summed E-state index contributed by atoms with van der Waals surface area (Å²) in [7, 11) is 0. The van der Waals surface area contributed by atoms with Gasteiger partial charge in [0, 0.05) is 5.56 Å². The minimum absolute atomic E-state index is 0.0456. The SMILES string of the molecule is CCOc1ccc(N2C(=O)CC(N(NC(=O)c3ccc(C)cc3)C(=O)Cc3ccccc3)C2=O)cc1. The lowest BCUT2D eigenvalue weighted by Gasteiger charge is -2.28. The summed E-state index contributed by atoms with van der Waals surface area (Å²) in [5.41, 5.74) is 4.99. The van der Waals surface area contributed by atoms with Gasteiger partial charge >= 0.3 is 0 Å². The average Bonchev–Trinajstić information content (AvgIpc) is 3.17. The predicted molar refractivity (Wildman–Crippen MR) is 134 cm³/mol. The van der Waals surface area contributed by atoms with Crippen LogP contribution in [-0.4, -0.2) is 41.3 Å². The van der Waals surface area contributed by atoms with E-state index in [2.05, 4.69) is 5.43 Å². The van der Waals surface area contributed by atoms with E-state index >= 15 is 0 Å². The molecule has 1 atom stereocenters. The highest BCUT2D eigenvalue weighted by Gasteiger charge is 2.45. The lowest BCUT2D eigenvalue weighted by molar-refractivity contribution is -0.140. The lowest BCUT2D eigenvalue weighted by Crippen LogP contribution is -2.55. The Morgan fingerprint density at radius 1 is 0.972 bits per heavy atom. The minimum Gasteiger partial charge on any atom is -0.494 e. The maximum Gasteiger partial charge on any atom is 0.269 e. The zero-order valence-corrected chi connectivity index (χ0v) is 20.1. The Morgan fingerprint density at radius 3 is 2.28 bits per heavy atom. The van der Waals surface area contributed by atoms with E-state index in [4.69, 9.17) is 4.74 Å². The van der Waals surface area contributed by atoms with Gasteiger partial charge in [0.25, 0.3) is 11.8 Å². The van der Waals surface area contributed by atoms with Gasteiger partial charge in [-0.25, -0.2) is 9.91 Å². The third-order valence-electron chi connectivity index (χ3n) is 5.84. The Kier molecular flexibility index (Phi) is 7.44. The normalized spacial score (nSPS) is 15.1. The Balaban J connectivity index is 1.60. The van der Waals surface area contributed by atoms with Gasteiger partial charge in [-0.3, -0.25) is 24.6 Å². The molecule has 36 heavy (non-hydrogen) atoms. The molecule has 0 radical (unpaired) electrons. The van der Waals surface area contributed by atoms with Crippen LogP contribution in [0.2, 0.25) is 0 Å². The van der Waals surface area contributed by atoms with E-state index in [-0.39, 0.29) is 12.8 Å². The number of hydrazine groups is 1. The molecule has 3 aromatic carbocycles. The van der Waals surface area contributed by atoms with Gasteiger partial charge in [-0.15, -0.1) is 0 Å². The Labute approximate surface area is 209 Å². The van der Waals surface area contributed by atoms with Crippen molar-refractivity contribution in [2.45, 2.75) is 32.7 Å². The summed E-state index contributed by atoms with van der Waals surface area (Å²) in [6.07, 6.45) is -0.295. The van der Waals surface area contributed by atoms with Crippen molar-refractivity contribution in [3.63, 3.8) is 0 Å². The standard InChI is InChI=1S/C28H27N3O5/c1-3-36-23-15-13-22(14-16-23)30-25(32)18-24(28(30)35)31(26(33)17-20-7-5-4-6-8-20)29-27(34)21-11-9-19(2)10-12-21/h4-16,24H,3,17-18H2,1-2H3,(H,29,34). The number of hydrogen-bond acceptors (Lipinski definition) is 5. The Hall–Kier alpha value is -4.46. The van der Waals surface area contributed by atoms with Crippen molar-refractivity contribution in [2.75, 3.05) is 11.5 Å². The van der Waals surface area contributed by atoms with E-state index in [0.29, 0.717) is 23.6 Å². The number of carbonyl (C=O) groups is 4. The number of anilines is 1. The molecule has 0 aromatic heterocycles. The first kappa shape index (κ1) is 24.7. The molecule has 4 amide bonds. The smallest absolute Gasteiger partial charge is 0.269 e. The Morgan fingerprint density at radius 2 is 1.64 bits per heavy atom. The highest BCUT2D eigenvalue weighted by Crippen LogP contribution is 2.27. The molecule has 1 aliphatic heterocycles. The first-order chi connectivity index (χ1) is 17.4. The number of hydrogen-bond donors (Lipinski definition) is 1. The van der Waals surface area contributed by atoms with Gasteiger partial charge < -0.3 is 4.74 Å². The van der Waals surface area contributed by atoms with Crippen LogP contribution in [-0.2, 0) is 20.8 Å². The summed E-state index contributed by atoms with van der Waals surface area (Å²) in [6.45, 7) is 4.25. The molecule has 0 bridgehead atoms. The van der Waals surface area contributed by atoms with E-state index in [9.17, 15) is 19.2 Å². The van der Waals surface area contributed by atoms with Gasteiger partial charge in [-0.2, -0.15) is 0 Å². The van der Waals surface area contributed by atoms with E-state index in [1.54, 1.807) is 72.8 Å². The molecular formula is C28H27N3O5. The maximum absolute atomic E-state index is 13.4. The first-order valence-electron chi connectivity index (χ1n) is 11.7. The zero-order chi connectivity index (χ0) is 25.7. The van der Waals surface area contributed by atoms with Crippen molar-refractivity contribution in [1.29, 1.82) is 0 Å². The third kappa shape index (κ3) is 5.43. The van der Waals surface area contributed by atoms with Gasteiger partial charge in [0.1, 0.15) is 11.8 Å². The fraction of sp³-hybridized carbons (Fsp3) is 0.214. The summed E-state index contributed by atoms with van der Waals surface area (Å²) >= 11 is 0. The monoisotopic (exact) mass is 485 g/mol. The molecule has 1 unspecified atom stereocenters. The number of carbonyl (C=O) groups excluding carboxylic acids is 4. The number of nitrogens with zero attached hydrogens (tertiary/aromatic N) is 2. The number of imide groups is 1. The summed E-state index contributed by atoms with van der Waals surface area (Å²) in [4.78, 5) is 53.7. The summed E-state index contributed by atoms with van der Waals surface area (Å²) in [6, 6.07) is 21.2. The molecule has 3 aromatic rings. The highest BCUT2D eigenvalue weighted by molar-refractivity contribution is 6.23. The summed E-state index contributed by atoms with van der Waals surface area (Å²) in [5.74, 6) is -1.48. The van der Waals surface area contributed by atoms with Gasteiger partial charge in [0.05, 0.1) is 25.1 Å². The largest absolute Gasteiger partial charge is 0.494 e. The van der Waals surface area contributed by atoms with Crippen LogP contribution < -0.4 is 15.1 Å². The molecule has 8 heteroatoms. The van der Waals surface area contributed by atoms with Crippen LogP contribution in [0.1, 0.15) is 34.8 Å². The van der Waals surface area contributed by atoms with Gasteiger partial charge in [0.2, 0.25) is 11.8 Å². The molecule has 0 spiro atoms. The van der Waals surface area contributed by atoms with Crippen LogP contribution in [0.3, 0.4) is 0 Å². The summed E-state index contributed by atoms with van der Waals surface area (Å²) in [5, 5.41) is 1.00. The topological polar surface area (TPSA) is 96.0 Å². The van der Waals surface area contributed by atoms with Crippen molar-refractivity contribution in [2.24, 2.45) is 0 Å². The second-order valence-corrected chi connectivity index (χ2v) is 8.45. The summed E-state index contributed by atoms with van der Waals surface area (Å²) < 4.78 is 5.43. The van der Waals surface area contributed by atoms with Gasteiger partial charge in [-0.05, 0) is 55.8 Å². The van der Waals surface area contributed by atoms with Crippen LogP contribution in [0.15, 0.2) is 78.9 Å². The lowest BCUT2D eigenvalue weighted by atomic mass is 10.1. The fourth-order valence-electron chi connectivity index (χ4n) is 4.00. The van der Waals surface area contributed by atoms with Gasteiger partial charge in [0.15, 0.2) is 0 Å². The van der Waals surface area contributed by atoms with Crippen molar-refractivity contribution in [3.05, 3.63) is 95.6 Å². The average molecular weight is 486 g/mol. The van der Waals surface area contributed by atoms with E-state index in [0.717, 1.165) is 21.0 Å². The molecule has 1 heterocycles. The molecule has 184 valence electrons. The van der Waals surface area contributed by atoms with Crippen LogP contribution >= 0.6 is 0 Å². The second kappa shape index (κ2) is 10.9. The fourth-order valence-corrected chi connectivity index (χ4v) is 4.00.